The molecule has 20 heavy (non-hydrogen) atoms. The normalized spacial score (nSPS) is 15.6. The van der Waals surface area contributed by atoms with Gasteiger partial charge >= 0.3 is 0 Å². The van der Waals surface area contributed by atoms with E-state index in [0.717, 1.165) is 30.2 Å². The average Bonchev–Trinajstić information content (AvgIpc) is 2.48. The molecule has 0 fully saturated rings. The number of benzene rings is 2. The minimum Gasteiger partial charge on any atom is -0.264 e. The van der Waals surface area contributed by atoms with Crippen molar-refractivity contribution < 1.29 is 4.58 Å². The minimum atomic E-state index is 0.802. The van der Waals surface area contributed by atoms with E-state index in [4.69, 9.17) is 11.6 Å². The molecule has 0 spiro atoms. The van der Waals surface area contributed by atoms with Crippen LogP contribution < -0.4 is 4.90 Å². The first-order valence-corrected chi connectivity index (χ1v) is 7.31. The summed E-state index contributed by atoms with van der Waals surface area (Å²) in [5, 5.41) is 0.802. The van der Waals surface area contributed by atoms with Gasteiger partial charge < -0.3 is 0 Å². The molecule has 3 rings (SSSR count). The molecule has 0 saturated heterocycles. The van der Waals surface area contributed by atoms with Gasteiger partial charge in [-0.3, -0.25) is 4.58 Å². The third-order valence-electron chi connectivity index (χ3n) is 3.67. The van der Waals surface area contributed by atoms with Gasteiger partial charge in [-0.2, -0.15) is 0 Å². The summed E-state index contributed by atoms with van der Waals surface area (Å²) in [6.07, 6.45) is 1.14. The van der Waals surface area contributed by atoms with E-state index in [1.165, 1.54) is 11.4 Å². The molecule has 0 aromatic heterocycles. The number of rotatable bonds is 2. The zero-order chi connectivity index (χ0) is 13.9. The Hall–Kier alpha value is -1.80. The molecule has 0 aliphatic carbocycles. The molecule has 1 aliphatic heterocycles. The Kier molecular flexibility index (Phi) is 3.75. The van der Waals surface area contributed by atoms with E-state index in [2.05, 4.69) is 46.9 Å². The lowest BCUT2D eigenvalue weighted by Gasteiger charge is -2.26. The average molecular weight is 286 g/mol. The summed E-state index contributed by atoms with van der Waals surface area (Å²) in [5.41, 5.74) is 2.31. The van der Waals surface area contributed by atoms with Gasteiger partial charge in [0.1, 0.15) is 5.69 Å². The molecule has 0 bridgehead atoms. The maximum absolute atomic E-state index is 6.38. The first-order chi connectivity index (χ1) is 9.77. The summed E-state index contributed by atoms with van der Waals surface area (Å²) in [5.74, 6) is 1.23. The van der Waals surface area contributed by atoms with E-state index in [9.17, 15) is 0 Å². The molecule has 0 N–H and O–H groups in total. The first kappa shape index (κ1) is 13.2. The van der Waals surface area contributed by atoms with Crippen molar-refractivity contribution in [1.29, 1.82) is 0 Å². The van der Waals surface area contributed by atoms with E-state index >= 15 is 0 Å². The van der Waals surface area contributed by atoms with Crippen LogP contribution in [0.2, 0.25) is 5.02 Å². The number of nitrogens with zero attached hydrogens (tertiary/aromatic N) is 2. The second-order valence-corrected chi connectivity index (χ2v) is 5.47. The quantitative estimate of drug-likeness (QED) is 0.764. The summed E-state index contributed by atoms with van der Waals surface area (Å²) in [4.78, 5) is 2.32. The van der Waals surface area contributed by atoms with Crippen LogP contribution in [-0.2, 0) is 0 Å². The standard InChI is InChI=1S/C17H18ClN2/c1-19-12-7-13-20(16-11-6-5-10-15(16)18)17(19)14-8-3-2-4-9-14/h2-6,8-11H,7,12-13H2,1H3/q+1. The fraction of sp³-hybridized carbons (Fsp3) is 0.235. The van der Waals surface area contributed by atoms with Crippen molar-refractivity contribution in [2.75, 3.05) is 25.0 Å². The molecule has 0 amide bonds. The van der Waals surface area contributed by atoms with Crippen LogP contribution in [0.5, 0.6) is 0 Å². The smallest absolute Gasteiger partial charge is 0.264 e. The Morgan fingerprint density at radius 1 is 1.00 bits per heavy atom. The SMILES string of the molecule is C[N+]1=C(c2ccccc2)N(c2ccccc2Cl)CCC1. The van der Waals surface area contributed by atoms with Crippen molar-refractivity contribution in [3.63, 3.8) is 0 Å². The van der Waals surface area contributed by atoms with Crippen LogP contribution in [-0.4, -0.2) is 30.5 Å². The van der Waals surface area contributed by atoms with Gasteiger partial charge in [-0.15, -0.1) is 0 Å². The summed E-state index contributed by atoms with van der Waals surface area (Å²) >= 11 is 6.38. The predicted octanol–water partition coefficient (Wildman–Crippen LogP) is 3.64. The van der Waals surface area contributed by atoms with Gasteiger partial charge in [0.05, 0.1) is 30.7 Å². The lowest BCUT2D eigenvalue weighted by molar-refractivity contribution is -0.501. The molecule has 3 heteroatoms. The lowest BCUT2D eigenvalue weighted by Crippen LogP contribution is -2.44. The third kappa shape index (κ3) is 2.44. The molecule has 0 saturated carbocycles. The highest BCUT2D eigenvalue weighted by Crippen LogP contribution is 2.28. The van der Waals surface area contributed by atoms with Gasteiger partial charge in [0.15, 0.2) is 0 Å². The zero-order valence-electron chi connectivity index (χ0n) is 11.6. The molecule has 102 valence electrons. The largest absolute Gasteiger partial charge is 0.284 e. The van der Waals surface area contributed by atoms with Gasteiger partial charge in [-0.25, -0.2) is 4.90 Å². The van der Waals surface area contributed by atoms with Gasteiger partial charge in [0.2, 0.25) is 0 Å². The second kappa shape index (κ2) is 5.68. The molecule has 0 unspecified atom stereocenters. The van der Waals surface area contributed by atoms with E-state index in [1.54, 1.807) is 0 Å². The number of hydrogen-bond donors (Lipinski definition) is 0. The predicted molar refractivity (Wildman–Crippen MR) is 85.0 cm³/mol. The van der Waals surface area contributed by atoms with Crippen LogP contribution in [0.3, 0.4) is 0 Å². The maximum atomic E-state index is 6.38. The lowest BCUT2D eigenvalue weighted by atomic mass is 10.1. The fourth-order valence-electron chi connectivity index (χ4n) is 2.75. The van der Waals surface area contributed by atoms with E-state index in [1.807, 2.05) is 24.3 Å². The van der Waals surface area contributed by atoms with Crippen molar-refractivity contribution in [1.82, 2.24) is 0 Å². The van der Waals surface area contributed by atoms with Crippen LogP contribution in [0.4, 0.5) is 5.69 Å². The van der Waals surface area contributed by atoms with Crippen molar-refractivity contribution in [2.24, 2.45) is 0 Å². The zero-order valence-corrected chi connectivity index (χ0v) is 12.3. The Balaban J connectivity index is 2.11. The third-order valence-corrected chi connectivity index (χ3v) is 3.99. The van der Waals surface area contributed by atoms with Crippen LogP contribution in [0.25, 0.3) is 0 Å². The monoisotopic (exact) mass is 285 g/mol. The van der Waals surface area contributed by atoms with Gasteiger partial charge in [-0.1, -0.05) is 41.9 Å². The summed E-state index contributed by atoms with van der Waals surface area (Å²) in [7, 11) is 2.14. The van der Waals surface area contributed by atoms with Crippen LogP contribution in [0.15, 0.2) is 54.6 Å². The molecule has 2 aromatic rings. The van der Waals surface area contributed by atoms with E-state index in [-0.39, 0.29) is 0 Å². The molecule has 0 atom stereocenters. The van der Waals surface area contributed by atoms with Gasteiger partial charge in [0.25, 0.3) is 5.84 Å². The summed E-state index contributed by atoms with van der Waals surface area (Å²) in [6, 6.07) is 18.6. The number of halogens is 1. The Morgan fingerprint density at radius 3 is 2.45 bits per heavy atom. The van der Waals surface area contributed by atoms with Crippen LogP contribution in [0, 0.1) is 0 Å². The molecular formula is C17H18ClN2+. The summed E-state index contributed by atoms with van der Waals surface area (Å²) < 4.78 is 2.31. The second-order valence-electron chi connectivity index (χ2n) is 5.07. The van der Waals surface area contributed by atoms with Crippen LogP contribution in [0.1, 0.15) is 12.0 Å². The molecule has 2 nitrogen and oxygen atoms in total. The Morgan fingerprint density at radius 2 is 1.70 bits per heavy atom. The topological polar surface area (TPSA) is 6.25 Å². The highest BCUT2D eigenvalue weighted by molar-refractivity contribution is 6.34. The van der Waals surface area contributed by atoms with Crippen molar-refractivity contribution >= 4 is 23.1 Å². The number of hydrogen-bond acceptors (Lipinski definition) is 1. The van der Waals surface area contributed by atoms with Gasteiger partial charge in [-0.05, 0) is 24.3 Å². The molecular weight excluding hydrogens is 268 g/mol. The summed E-state index contributed by atoms with van der Waals surface area (Å²) in [6.45, 7) is 2.07. The van der Waals surface area contributed by atoms with Crippen molar-refractivity contribution in [3.8, 4) is 0 Å². The highest BCUT2D eigenvalue weighted by Gasteiger charge is 2.30. The number of amidine groups is 1. The molecule has 2 aromatic carbocycles. The highest BCUT2D eigenvalue weighted by atomic mass is 35.5. The van der Waals surface area contributed by atoms with Crippen molar-refractivity contribution in [3.05, 3.63) is 65.2 Å². The first-order valence-electron chi connectivity index (χ1n) is 6.93. The maximum Gasteiger partial charge on any atom is 0.284 e. The van der Waals surface area contributed by atoms with Crippen molar-refractivity contribution in [2.45, 2.75) is 6.42 Å². The van der Waals surface area contributed by atoms with E-state index in [0.29, 0.717) is 0 Å². The molecule has 1 heterocycles. The molecule has 1 aliphatic rings. The Bertz CT molecular complexity index is 634. The number of para-hydroxylation sites is 1. The minimum absolute atomic E-state index is 0.802. The number of anilines is 1. The Labute approximate surface area is 124 Å². The van der Waals surface area contributed by atoms with Crippen LogP contribution >= 0.6 is 11.6 Å². The fourth-order valence-corrected chi connectivity index (χ4v) is 2.99. The van der Waals surface area contributed by atoms with Gasteiger partial charge in [0, 0.05) is 6.42 Å². The van der Waals surface area contributed by atoms with E-state index < -0.39 is 0 Å². The molecule has 0 radical (unpaired) electrons.